The van der Waals surface area contributed by atoms with Crippen LogP contribution in [-0.4, -0.2) is 37.0 Å². The molecule has 1 aromatic carbocycles. The molecule has 0 spiro atoms. The molecule has 1 unspecified atom stereocenters. The summed E-state index contributed by atoms with van der Waals surface area (Å²) in [4.78, 5) is 14.6. The molecule has 1 amide bonds. The molecule has 26 heavy (non-hydrogen) atoms. The molecule has 2 heterocycles. The van der Waals surface area contributed by atoms with Crippen molar-refractivity contribution in [3.05, 3.63) is 29.8 Å². The van der Waals surface area contributed by atoms with Crippen molar-refractivity contribution in [1.82, 2.24) is 10.2 Å². The first-order valence-electron chi connectivity index (χ1n) is 9.61. The Morgan fingerprint density at radius 2 is 1.77 bits per heavy atom. The largest absolute Gasteiger partial charge is 0.326 e. The number of nitrogens with zero attached hydrogens (tertiary/aromatic N) is 1. The van der Waals surface area contributed by atoms with Gasteiger partial charge in [0.2, 0.25) is 5.91 Å². The highest BCUT2D eigenvalue weighted by Crippen LogP contribution is 2.17. The first-order valence-corrected chi connectivity index (χ1v) is 9.61. The summed E-state index contributed by atoms with van der Waals surface area (Å²) in [6.45, 7) is 5.63. The maximum atomic E-state index is 12.1. The molecule has 0 aliphatic carbocycles. The summed E-state index contributed by atoms with van der Waals surface area (Å²) >= 11 is 0. The Morgan fingerprint density at radius 1 is 1.08 bits per heavy atom. The van der Waals surface area contributed by atoms with E-state index < -0.39 is 0 Å². The lowest BCUT2D eigenvalue weighted by atomic mass is 10.0. The number of carbonyl (C=O) groups is 1. The van der Waals surface area contributed by atoms with Gasteiger partial charge in [-0.1, -0.05) is 25.0 Å². The lowest BCUT2D eigenvalue weighted by molar-refractivity contribution is -0.116. The van der Waals surface area contributed by atoms with Crippen molar-refractivity contribution >= 4 is 36.4 Å². The number of amides is 1. The normalized spacial score (nSPS) is 20.5. The van der Waals surface area contributed by atoms with Crippen molar-refractivity contribution in [2.24, 2.45) is 5.92 Å². The number of nitrogens with one attached hydrogen (secondary N) is 2. The van der Waals surface area contributed by atoms with Crippen molar-refractivity contribution in [2.45, 2.75) is 51.5 Å². The number of rotatable bonds is 6. The molecule has 0 radical (unpaired) electrons. The monoisotopic (exact) mass is 401 g/mol. The predicted molar refractivity (Wildman–Crippen MR) is 114 cm³/mol. The SMILES string of the molecule is Cl.Cl.O=C(CCC1CCNC1)Nc1ccc(CN2CCCCCC2)cc1. The van der Waals surface area contributed by atoms with E-state index >= 15 is 0 Å². The quantitative estimate of drug-likeness (QED) is 0.748. The van der Waals surface area contributed by atoms with Crippen LogP contribution in [0.3, 0.4) is 0 Å². The molecule has 0 aromatic heterocycles. The van der Waals surface area contributed by atoms with Crippen molar-refractivity contribution in [3.63, 3.8) is 0 Å². The van der Waals surface area contributed by atoms with Crippen LogP contribution < -0.4 is 10.6 Å². The van der Waals surface area contributed by atoms with Crippen molar-refractivity contribution in [1.29, 1.82) is 0 Å². The summed E-state index contributed by atoms with van der Waals surface area (Å²) in [5, 5.41) is 6.39. The molecule has 1 aromatic rings. The molecular weight excluding hydrogens is 369 g/mol. The van der Waals surface area contributed by atoms with Gasteiger partial charge in [0.05, 0.1) is 0 Å². The summed E-state index contributed by atoms with van der Waals surface area (Å²) in [6, 6.07) is 8.40. The van der Waals surface area contributed by atoms with Gasteiger partial charge in [-0.3, -0.25) is 9.69 Å². The molecule has 0 saturated carbocycles. The van der Waals surface area contributed by atoms with E-state index in [-0.39, 0.29) is 30.7 Å². The first-order chi connectivity index (χ1) is 11.8. The molecule has 0 bridgehead atoms. The fourth-order valence-corrected chi connectivity index (χ4v) is 3.77. The highest BCUT2D eigenvalue weighted by molar-refractivity contribution is 5.90. The molecule has 6 heteroatoms. The maximum absolute atomic E-state index is 12.1. The third kappa shape index (κ3) is 7.83. The summed E-state index contributed by atoms with van der Waals surface area (Å²) < 4.78 is 0. The minimum absolute atomic E-state index is 0. The molecule has 2 N–H and O–H groups in total. The average Bonchev–Trinajstić information content (AvgIpc) is 2.99. The molecule has 2 fully saturated rings. The summed E-state index contributed by atoms with van der Waals surface area (Å²) in [6.07, 6.45) is 8.22. The molecule has 4 nitrogen and oxygen atoms in total. The van der Waals surface area contributed by atoms with Gasteiger partial charge in [-0.05, 0) is 75.5 Å². The van der Waals surface area contributed by atoms with E-state index in [1.165, 1.54) is 50.8 Å². The summed E-state index contributed by atoms with van der Waals surface area (Å²) in [5.74, 6) is 0.814. The van der Waals surface area contributed by atoms with Crippen molar-refractivity contribution in [2.75, 3.05) is 31.5 Å². The van der Waals surface area contributed by atoms with E-state index in [4.69, 9.17) is 0 Å². The minimum Gasteiger partial charge on any atom is -0.326 e. The smallest absolute Gasteiger partial charge is 0.224 e. The second kappa shape index (κ2) is 12.6. The lowest BCUT2D eigenvalue weighted by Gasteiger charge is -2.19. The van der Waals surface area contributed by atoms with E-state index in [0.717, 1.165) is 31.7 Å². The van der Waals surface area contributed by atoms with Gasteiger partial charge in [0.15, 0.2) is 0 Å². The van der Waals surface area contributed by atoms with Crippen LogP contribution in [0, 0.1) is 5.92 Å². The van der Waals surface area contributed by atoms with Gasteiger partial charge in [0.1, 0.15) is 0 Å². The van der Waals surface area contributed by atoms with Gasteiger partial charge in [0, 0.05) is 18.7 Å². The van der Waals surface area contributed by atoms with Gasteiger partial charge >= 0.3 is 0 Å². The number of anilines is 1. The van der Waals surface area contributed by atoms with Crippen LogP contribution in [-0.2, 0) is 11.3 Å². The molecule has 2 aliphatic rings. The number of hydrogen-bond acceptors (Lipinski definition) is 3. The number of hydrogen-bond donors (Lipinski definition) is 2. The Balaban J connectivity index is 0.00000169. The Kier molecular flexibility index (Phi) is 11.2. The van der Waals surface area contributed by atoms with E-state index in [2.05, 4.69) is 27.7 Å². The third-order valence-corrected chi connectivity index (χ3v) is 5.28. The zero-order valence-electron chi connectivity index (χ0n) is 15.5. The Bertz CT molecular complexity index is 510. The first kappa shape index (κ1) is 23.2. The zero-order chi connectivity index (χ0) is 16.6. The standard InChI is InChI=1S/C20H31N3O.2ClH/c24-20(10-7-17-11-12-21-15-17)22-19-8-5-18(6-9-19)16-23-13-3-1-2-4-14-23;;/h5-6,8-9,17,21H,1-4,7,10-16H2,(H,22,24);2*1H. The van der Waals surface area contributed by atoms with Crippen LogP contribution in [0.15, 0.2) is 24.3 Å². The maximum Gasteiger partial charge on any atom is 0.224 e. The fourth-order valence-electron chi connectivity index (χ4n) is 3.77. The highest BCUT2D eigenvalue weighted by Gasteiger charge is 2.15. The number of carbonyl (C=O) groups excluding carboxylic acids is 1. The molecule has 148 valence electrons. The molecule has 3 rings (SSSR count). The Labute approximate surface area is 170 Å². The van der Waals surface area contributed by atoms with Crippen LogP contribution in [0.5, 0.6) is 0 Å². The number of halogens is 2. The number of benzene rings is 1. The predicted octanol–water partition coefficient (Wildman–Crippen LogP) is 4.23. The summed E-state index contributed by atoms with van der Waals surface area (Å²) in [7, 11) is 0. The highest BCUT2D eigenvalue weighted by atomic mass is 35.5. The van der Waals surface area contributed by atoms with E-state index in [9.17, 15) is 4.79 Å². The van der Waals surface area contributed by atoms with E-state index in [1.54, 1.807) is 0 Å². The zero-order valence-corrected chi connectivity index (χ0v) is 17.2. The average molecular weight is 402 g/mol. The Morgan fingerprint density at radius 3 is 2.38 bits per heavy atom. The fraction of sp³-hybridized carbons (Fsp3) is 0.650. The second-order valence-electron chi connectivity index (χ2n) is 7.33. The van der Waals surface area contributed by atoms with Crippen LogP contribution in [0.25, 0.3) is 0 Å². The van der Waals surface area contributed by atoms with Crippen LogP contribution in [0.4, 0.5) is 5.69 Å². The molecule has 2 aliphatic heterocycles. The minimum atomic E-state index is 0. The van der Waals surface area contributed by atoms with Gasteiger partial charge in [-0.25, -0.2) is 0 Å². The molecule has 1 atom stereocenters. The van der Waals surface area contributed by atoms with Crippen LogP contribution in [0.1, 0.15) is 50.5 Å². The van der Waals surface area contributed by atoms with E-state index in [0.29, 0.717) is 12.3 Å². The van der Waals surface area contributed by atoms with E-state index in [1.807, 2.05) is 12.1 Å². The van der Waals surface area contributed by atoms with Gasteiger partial charge in [0.25, 0.3) is 0 Å². The topological polar surface area (TPSA) is 44.4 Å². The lowest BCUT2D eigenvalue weighted by Crippen LogP contribution is -2.23. The van der Waals surface area contributed by atoms with Crippen LogP contribution in [0.2, 0.25) is 0 Å². The third-order valence-electron chi connectivity index (χ3n) is 5.28. The van der Waals surface area contributed by atoms with Gasteiger partial charge in [-0.2, -0.15) is 0 Å². The Hall–Kier alpha value is -0.810. The second-order valence-corrected chi connectivity index (χ2v) is 7.33. The van der Waals surface area contributed by atoms with Gasteiger partial charge in [-0.15, -0.1) is 24.8 Å². The van der Waals surface area contributed by atoms with Crippen LogP contribution >= 0.6 is 24.8 Å². The van der Waals surface area contributed by atoms with Gasteiger partial charge < -0.3 is 10.6 Å². The number of likely N-dealkylation sites (tertiary alicyclic amines) is 1. The molecular formula is C20H33Cl2N3O. The van der Waals surface area contributed by atoms with Crippen molar-refractivity contribution in [3.8, 4) is 0 Å². The van der Waals surface area contributed by atoms with Crippen molar-refractivity contribution < 1.29 is 4.79 Å². The molecule has 2 saturated heterocycles. The summed E-state index contributed by atoms with van der Waals surface area (Å²) in [5.41, 5.74) is 2.26.